The Bertz CT molecular complexity index is 745. The van der Waals surface area contributed by atoms with E-state index in [9.17, 15) is 9.59 Å². The highest BCUT2D eigenvalue weighted by Crippen LogP contribution is 2.32. The Hall–Kier alpha value is -2.40. The lowest BCUT2D eigenvalue weighted by Gasteiger charge is -2.17. The van der Waals surface area contributed by atoms with E-state index >= 15 is 0 Å². The first-order chi connectivity index (χ1) is 11.1. The van der Waals surface area contributed by atoms with Gasteiger partial charge in [-0.25, -0.2) is 0 Å². The molecule has 0 atom stereocenters. The molecule has 2 aromatic rings. The Morgan fingerprint density at radius 1 is 1.30 bits per heavy atom. The number of pyridine rings is 1. The molecule has 0 spiro atoms. The van der Waals surface area contributed by atoms with Crippen molar-refractivity contribution in [3.05, 3.63) is 53.3 Å². The first kappa shape index (κ1) is 15.5. The van der Waals surface area contributed by atoms with Gasteiger partial charge in [-0.05, 0) is 43.2 Å². The molecule has 0 aliphatic heterocycles. The van der Waals surface area contributed by atoms with Gasteiger partial charge in [-0.2, -0.15) is 0 Å². The SMILES string of the molecule is CN(C(=O)c1ccc(Cl)c(NC(=O)C2CC2)c1)c1cccnc1. The van der Waals surface area contributed by atoms with Gasteiger partial charge >= 0.3 is 0 Å². The van der Waals surface area contributed by atoms with E-state index in [1.807, 2.05) is 0 Å². The summed E-state index contributed by atoms with van der Waals surface area (Å²) in [4.78, 5) is 30.0. The van der Waals surface area contributed by atoms with E-state index in [4.69, 9.17) is 11.6 Å². The van der Waals surface area contributed by atoms with Gasteiger partial charge in [0, 0.05) is 24.7 Å². The number of aromatic nitrogens is 1. The molecule has 1 heterocycles. The van der Waals surface area contributed by atoms with Crippen LogP contribution in [-0.2, 0) is 4.79 Å². The highest BCUT2D eigenvalue weighted by molar-refractivity contribution is 6.34. The van der Waals surface area contributed by atoms with Gasteiger partial charge in [0.1, 0.15) is 0 Å². The van der Waals surface area contributed by atoms with Crippen molar-refractivity contribution in [2.45, 2.75) is 12.8 Å². The van der Waals surface area contributed by atoms with Crippen molar-refractivity contribution in [1.29, 1.82) is 0 Å². The van der Waals surface area contributed by atoms with Crippen LogP contribution in [0.3, 0.4) is 0 Å². The van der Waals surface area contributed by atoms with Gasteiger partial charge in [0.15, 0.2) is 0 Å². The van der Waals surface area contributed by atoms with E-state index in [2.05, 4.69) is 10.3 Å². The number of hydrogen-bond acceptors (Lipinski definition) is 3. The number of hydrogen-bond donors (Lipinski definition) is 1. The van der Waals surface area contributed by atoms with E-state index in [1.54, 1.807) is 49.8 Å². The zero-order valence-corrected chi connectivity index (χ0v) is 13.4. The third-order valence-corrected chi connectivity index (χ3v) is 4.09. The highest BCUT2D eigenvalue weighted by atomic mass is 35.5. The van der Waals surface area contributed by atoms with Crippen LogP contribution in [0.4, 0.5) is 11.4 Å². The fraction of sp³-hybridized carbons (Fsp3) is 0.235. The molecule has 2 amide bonds. The van der Waals surface area contributed by atoms with Crippen molar-refractivity contribution in [1.82, 2.24) is 4.98 Å². The number of rotatable bonds is 4. The highest BCUT2D eigenvalue weighted by Gasteiger charge is 2.30. The molecule has 0 radical (unpaired) electrons. The van der Waals surface area contributed by atoms with Crippen LogP contribution in [0.15, 0.2) is 42.7 Å². The lowest BCUT2D eigenvalue weighted by Crippen LogP contribution is -2.26. The molecule has 1 saturated carbocycles. The molecule has 1 fully saturated rings. The van der Waals surface area contributed by atoms with Crippen LogP contribution in [0, 0.1) is 5.92 Å². The van der Waals surface area contributed by atoms with E-state index in [0.717, 1.165) is 12.8 Å². The first-order valence-corrected chi connectivity index (χ1v) is 7.72. The summed E-state index contributed by atoms with van der Waals surface area (Å²) in [5.74, 6) is -0.169. The van der Waals surface area contributed by atoms with Crippen LogP contribution in [0.5, 0.6) is 0 Å². The van der Waals surface area contributed by atoms with Crippen LogP contribution in [0.1, 0.15) is 23.2 Å². The molecule has 1 aromatic carbocycles. The monoisotopic (exact) mass is 329 g/mol. The van der Waals surface area contributed by atoms with Crippen molar-refractivity contribution in [3.8, 4) is 0 Å². The molecule has 0 unspecified atom stereocenters. The van der Waals surface area contributed by atoms with E-state index in [-0.39, 0.29) is 17.7 Å². The number of benzene rings is 1. The number of carbonyl (C=O) groups excluding carboxylic acids is 2. The minimum atomic E-state index is -0.198. The van der Waals surface area contributed by atoms with Crippen LogP contribution in [-0.4, -0.2) is 23.8 Å². The maximum atomic E-state index is 12.6. The second kappa shape index (κ2) is 6.38. The zero-order chi connectivity index (χ0) is 16.4. The van der Waals surface area contributed by atoms with Gasteiger partial charge in [-0.1, -0.05) is 11.6 Å². The lowest BCUT2D eigenvalue weighted by molar-refractivity contribution is -0.117. The number of nitrogens with one attached hydrogen (secondary N) is 1. The van der Waals surface area contributed by atoms with Crippen LogP contribution in [0.2, 0.25) is 5.02 Å². The summed E-state index contributed by atoms with van der Waals surface area (Å²) in [6.45, 7) is 0. The summed E-state index contributed by atoms with van der Waals surface area (Å²) < 4.78 is 0. The summed E-state index contributed by atoms with van der Waals surface area (Å²) in [6.07, 6.45) is 5.08. The standard InChI is InChI=1S/C17H16ClN3O2/c1-21(13-3-2-8-19-10-13)17(23)12-6-7-14(18)15(9-12)20-16(22)11-4-5-11/h2-3,6-11H,4-5H2,1H3,(H,20,22). The summed E-state index contributed by atoms with van der Waals surface area (Å²) in [5, 5.41) is 3.21. The largest absolute Gasteiger partial charge is 0.325 e. The van der Waals surface area contributed by atoms with E-state index in [0.29, 0.717) is 22.0 Å². The van der Waals surface area contributed by atoms with Gasteiger partial charge < -0.3 is 10.2 Å². The predicted molar refractivity (Wildman–Crippen MR) is 89.8 cm³/mol. The van der Waals surface area contributed by atoms with Crippen molar-refractivity contribution in [2.75, 3.05) is 17.3 Å². The van der Waals surface area contributed by atoms with Gasteiger partial charge in [0.2, 0.25) is 5.91 Å². The predicted octanol–water partition coefficient (Wildman–Crippen LogP) is 3.36. The average Bonchev–Trinajstić information content (AvgIpc) is 3.41. The van der Waals surface area contributed by atoms with Gasteiger partial charge in [-0.15, -0.1) is 0 Å². The molecule has 5 nitrogen and oxygen atoms in total. The summed E-state index contributed by atoms with van der Waals surface area (Å²) >= 11 is 6.12. The van der Waals surface area contributed by atoms with Crippen LogP contribution >= 0.6 is 11.6 Å². The number of halogens is 1. The number of amides is 2. The second-order valence-electron chi connectivity index (χ2n) is 5.53. The molecule has 1 aromatic heterocycles. The fourth-order valence-corrected chi connectivity index (χ4v) is 2.36. The van der Waals surface area contributed by atoms with E-state index < -0.39 is 0 Å². The average molecular weight is 330 g/mol. The lowest BCUT2D eigenvalue weighted by atomic mass is 10.1. The Labute approximate surface area is 139 Å². The first-order valence-electron chi connectivity index (χ1n) is 7.35. The molecule has 1 N–H and O–H groups in total. The minimum absolute atomic E-state index is 0.0443. The fourth-order valence-electron chi connectivity index (χ4n) is 2.20. The molecule has 6 heteroatoms. The topological polar surface area (TPSA) is 62.3 Å². The Balaban J connectivity index is 1.81. The molecule has 3 rings (SSSR count). The molecule has 0 saturated heterocycles. The van der Waals surface area contributed by atoms with Crippen molar-refractivity contribution >= 4 is 34.8 Å². The number of carbonyl (C=O) groups is 2. The molecular weight excluding hydrogens is 314 g/mol. The number of anilines is 2. The van der Waals surface area contributed by atoms with E-state index in [1.165, 1.54) is 4.90 Å². The van der Waals surface area contributed by atoms with Crippen LogP contribution in [0.25, 0.3) is 0 Å². The second-order valence-corrected chi connectivity index (χ2v) is 5.94. The third-order valence-electron chi connectivity index (χ3n) is 3.76. The summed E-state index contributed by atoms with van der Waals surface area (Å²) in [7, 11) is 1.68. The summed E-state index contributed by atoms with van der Waals surface area (Å²) in [6, 6.07) is 8.44. The normalized spacial score (nSPS) is 13.5. The number of nitrogens with zero attached hydrogens (tertiary/aromatic N) is 2. The smallest absolute Gasteiger partial charge is 0.258 e. The van der Waals surface area contributed by atoms with Crippen molar-refractivity contribution < 1.29 is 9.59 Å². The molecule has 23 heavy (non-hydrogen) atoms. The van der Waals surface area contributed by atoms with Gasteiger partial charge in [-0.3, -0.25) is 14.6 Å². The molecule has 118 valence electrons. The third kappa shape index (κ3) is 3.51. The van der Waals surface area contributed by atoms with Crippen LogP contribution < -0.4 is 10.2 Å². The van der Waals surface area contributed by atoms with Crippen molar-refractivity contribution in [2.24, 2.45) is 5.92 Å². The maximum absolute atomic E-state index is 12.6. The van der Waals surface area contributed by atoms with Gasteiger partial charge in [0.25, 0.3) is 5.91 Å². The Morgan fingerprint density at radius 2 is 2.09 bits per heavy atom. The maximum Gasteiger partial charge on any atom is 0.258 e. The molecular formula is C17H16ClN3O2. The zero-order valence-electron chi connectivity index (χ0n) is 12.6. The Morgan fingerprint density at radius 3 is 2.74 bits per heavy atom. The molecule has 0 bridgehead atoms. The summed E-state index contributed by atoms with van der Waals surface area (Å²) in [5.41, 5.74) is 1.61. The molecule has 1 aliphatic carbocycles. The Kier molecular flexibility index (Phi) is 4.30. The van der Waals surface area contributed by atoms with Crippen molar-refractivity contribution in [3.63, 3.8) is 0 Å². The quantitative estimate of drug-likeness (QED) is 0.935. The van der Waals surface area contributed by atoms with Gasteiger partial charge in [0.05, 0.1) is 22.6 Å². The minimum Gasteiger partial charge on any atom is -0.325 e. The molecule has 1 aliphatic rings.